The quantitative estimate of drug-likeness (QED) is 0.565. The number of Topliss-reactive ketones (excluding diaryl/α,β-unsaturated/α-hetero) is 1. The third-order valence-corrected chi connectivity index (χ3v) is 6.35. The van der Waals surface area contributed by atoms with E-state index in [1.165, 1.54) is 38.4 Å². The minimum Gasteiger partial charge on any atom is -0.299 e. The summed E-state index contributed by atoms with van der Waals surface area (Å²) in [6.45, 7) is 2.21. The fourth-order valence-corrected chi connectivity index (χ4v) is 4.46. The van der Waals surface area contributed by atoms with Gasteiger partial charge in [-0.2, -0.15) is 0 Å². The third-order valence-electron chi connectivity index (χ3n) is 4.71. The van der Waals surface area contributed by atoms with Crippen LogP contribution in [0.25, 0.3) is 0 Å². The molecule has 0 amide bonds. The van der Waals surface area contributed by atoms with E-state index in [4.69, 9.17) is 0 Å². The van der Waals surface area contributed by atoms with E-state index in [1.807, 2.05) is 0 Å². The summed E-state index contributed by atoms with van der Waals surface area (Å²) < 4.78 is 23.3. The lowest BCUT2D eigenvalue weighted by molar-refractivity contribution is -0.123. The van der Waals surface area contributed by atoms with Crippen LogP contribution in [0.1, 0.15) is 84.0 Å². The second-order valence-electron chi connectivity index (χ2n) is 6.65. The summed E-state index contributed by atoms with van der Waals surface area (Å²) in [5.74, 6) is 0.301. The van der Waals surface area contributed by atoms with Crippen molar-refractivity contribution in [3.05, 3.63) is 0 Å². The monoisotopic (exact) mass is 316 g/mol. The molecule has 0 aromatic rings. The van der Waals surface area contributed by atoms with Crippen LogP contribution in [0.2, 0.25) is 0 Å². The first-order valence-electron chi connectivity index (χ1n) is 8.66. The molecule has 1 fully saturated rings. The Morgan fingerprint density at radius 3 is 2.24 bits per heavy atom. The van der Waals surface area contributed by atoms with E-state index in [2.05, 4.69) is 6.92 Å². The van der Waals surface area contributed by atoms with E-state index < -0.39 is 9.84 Å². The first-order valence-corrected chi connectivity index (χ1v) is 10.6. The maximum absolute atomic E-state index is 12.2. The Hall–Kier alpha value is -0.380. The van der Waals surface area contributed by atoms with Crippen molar-refractivity contribution < 1.29 is 13.2 Å². The summed E-state index contributed by atoms with van der Waals surface area (Å²) in [6.07, 6.45) is 13.5. The molecule has 0 N–H and O–H groups in total. The molecule has 0 aliphatic heterocycles. The van der Waals surface area contributed by atoms with Crippen LogP contribution in [-0.4, -0.2) is 25.7 Å². The average Bonchev–Trinajstić information content (AvgIpc) is 2.45. The molecule has 1 aliphatic rings. The molecule has 0 spiro atoms. The SMILES string of the molecule is CCCCCCCCCC(=O)C1CCCC(S(C)(=O)=O)C1. The summed E-state index contributed by atoms with van der Waals surface area (Å²) in [7, 11) is -2.98. The molecule has 0 aromatic heterocycles. The second kappa shape index (κ2) is 9.60. The summed E-state index contributed by atoms with van der Waals surface area (Å²) >= 11 is 0. The van der Waals surface area contributed by atoms with E-state index in [1.54, 1.807) is 0 Å². The van der Waals surface area contributed by atoms with Gasteiger partial charge in [0.1, 0.15) is 15.6 Å². The van der Waals surface area contributed by atoms with Crippen molar-refractivity contribution in [2.75, 3.05) is 6.26 Å². The molecular weight excluding hydrogens is 284 g/mol. The summed E-state index contributed by atoms with van der Waals surface area (Å²) in [6, 6.07) is 0. The smallest absolute Gasteiger partial charge is 0.150 e. The topological polar surface area (TPSA) is 51.2 Å². The zero-order chi connectivity index (χ0) is 15.7. The van der Waals surface area contributed by atoms with Crippen LogP contribution in [0.5, 0.6) is 0 Å². The van der Waals surface area contributed by atoms with E-state index in [0.29, 0.717) is 18.6 Å². The highest BCUT2D eigenvalue weighted by Crippen LogP contribution is 2.30. The van der Waals surface area contributed by atoms with E-state index >= 15 is 0 Å². The van der Waals surface area contributed by atoms with Gasteiger partial charge in [-0.15, -0.1) is 0 Å². The zero-order valence-electron chi connectivity index (χ0n) is 13.8. The van der Waals surface area contributed by atoms with Crippen molar-refractivity contribution in [1.29, 1.82) is 0 Å². The van der Waals surface area contributed by atoms with Crippen LogP contribution in [0.3, 0.4) is 0 Å². The highest BCUT2D eigenvalue weighted by molar-refractivity contribution is 7.91. The van der Waals surface area contributed by atoms with Gasteiger partial charge in [-0.1, -0.05) is 51.9 Å². The van der Waals surface area contributed by atoms with Crippen LogP contribution in [0, 0.1) is 5.92 Å². The molecule has 21 heavy (non-hydrogen) atoms. The van der Waals surface area contributed by atoms with Crippen molar-refractivity contribution in [3.63, 3.8) is 0 Å². The Kier molecular flexibility index (Phi) is 8.53. The molecule has 1 rings (SSSR count). The highest BCUT2D eigenvalue weighted by atomic mass is 32.2. The number of carbonyl (C=O) groups excluding carboxylic acids is 1. The highest BCUT2D eigenvalue weighted by Gasteiger charge is 2.31. The average molecular weight is 317 g/mol. The van der Waals surface area contributed by atoms with Gasteiger partial charge < -0.3 is 0 Å². The number of ketones is 1. The molecule has 4 heteroatoms. The van der Waals surface area contributed by atoms with Crippen LogP contribution >= 0.6 is 0 Å². The van der Waals surface area contributed by atoms with Gasteiger partial charge in [0, 0.05) is 18.6 Å². The molecule has 1 aliphatic carbocycles. The minimum absolute atomic E-state index is 0.00133. The predicted octanol–water partition coefficient (Wildman–Crippen LogP) is 4.30. The summed E-state index contributed by atoms with van der Waals surface area (Å²) in [4.78, 5) is 12.2. The third kappa shape index (κ3) is 7.44. The van der Waals surface area contributed by atoms with Crippen molar-refractivity contribution in [2.45, 2.75) is 89.2 Å². The van der Waals surface area contributed by atoms with Crippen molar-refractivity contribution in [1.82, 2.24) is 0 Å². The second-order valence-corrected chi connectivity index (χ2v) is 8.98. The Bertz CT molecular complexity index is 400. The van der Waals surface area contributed by atoms with Crippen LogP contribution in [-0.2, 0) is 14.6 Å². The molecule has 1 saturated carbocycles. The number of rotatable bonds is 10. The fourth-order valence-electron chi connectivity index (χ4n) is 3.29. The van der Waals surface area contributed by atoms with Gasteiger partial charge >= 0.3 is 0 Å². The maximum atomic E-state index is 12.2. The number of hydrogen-bond acceptors (Lipinski definition) is 3. The van der Waals surface area contributed by atoms with E-state index in [-0.39, 0.29) is 11.2 Å². The Morgan fingerprint density at radius 2 is 1.62 bits per heavy atom. The molecular formula is C17H32O3S. The predicted molar refractivity (Wildman–Crippen MR) is 88.2 cm³/mol. The first kappa shape index (κ1) is 18.7. The largest absolute Gasteiger partial charge is 0.299 e. The fraction of sp³-hybridized carbons (Fsp3) is 0.941. The number of hydrogen-bond donors (Lipinski definition) is 0. The maximum Gasteiger partial charge on any atom is 0.150 e. The number of carbonyl (C=O) groups is 1. The van der Waals surface area contributed by atoms with Crippen molar-refractivity contribution in [2.24, 2.45) is 5.92 Å². The van der Waals surface area contributed by atoms with Gasteiger partial charge in [-0.25, -0.2) is 8.42 Å². The Labute approximate surface area is 130 Å². The van der Waals surface area contributed by atoms with Gasteiger partial charge in [0.2, 0.25) is 0 Å². The summed E-state index contributed by atoms with van der Waals surface area (Å²) in [5.41, 5.74) is 0. The van der Waals surface area contributed by atoms with Crippen LogP contribution < -0.4 is 0 Å². The van der Waals surface area contributed by atoms with Crippen LogP contribution in [0.4, 0.5) is 0 Å². The normalized spacial score (nSPS) is 23.1. The Morgan fingerprint density at radius 1 is 1.00 bits per heavy atom. The van der Waals surface area contributed by atoms with Gasteiger partial charge in [-0.3, -0.25) is 4.79 Å². The first-order chi connectivity index (χ1) is 9.95. The molecule has 3 nitrogen and oxygen atoms in total. The molecule has 124 valence electrons. The molecule has 0 aromatic carbocycles. The van der Waals surface area contributed by atoms with Gasteiger partial charge in [0.25, 0.3) is 0 Å². The van der Waals surface area contributed by atoms with E-state index in [0.717, 1.165) is 32.1 Å². The molecule has 2 unspecified atom stereocenters. The molecule has 2 atom stereocenters. The van der Waals surface area contributed by atoms with Crippen LogP contribution in [0.15, 0.2) is 0 Å². The molecule has 0 heterocycles. The number of sulfone groups is 1. The Balaban J connectivity index is 2.20. The minimum atomic E-state index is -2.98. The lowest BCUT2D eigenvalue weighted by Crippen LogP contribution is -2.31. The lowest BCUT2D eigenvalue weighted by Gasteiger charge is -2.27. The van der Waals surface area contributed by atoms with Gasteiger partial charge in [0.15, 0.2) is 0 Å². The number of unbranched alkanes of at least 4 members (excludes halogenated alkanes) is 6. The molecule has 0 bridgehead atoms. The standard InChI is InChI=1S/C17H32O3S/c1-3-4-5-6-7-8-9-13-17(18)15-11-10-12-16(14-15)21(2,19)20/h15-16H,3-14H2,1-2H3. The van der Waals surface area contributed by atoms with Gasteiger partial charge in [0.05, 0.1) is 5.25 Å². The molecule has 0 radical (unpaired) electrons. The molecule has 0 saturated heterocycles. The van der Waals surface area contributed by atoms with E-state index in [9.17, 15) is 13.2 Å². The lowest BCUT2D eigenvalue weighted by atomic mass is 9.84. The zero-order valence-corrected chi connectivity index (χ0v) is 14.6. The van der Waals surface area contributed by atoms with Crippen molar-refractivity contribution >= 4 is 15.6 Å². The van der Waals surface area contributed by atoms with Crippen molar-refractivity contribution in [3.8, 4) is 0 Å². The van der Waals surface area contributed by atoms with Gasteiger partial charge in [-0.05, 0) is 25.7 Å². The summed E-state index contributed by atoms with van der Waals surface area (Å²) in [5, 5.41) is -0.283.